The second kappa shape index (κ2) is 4.81. The Morgan fingerprint density at radius 3 is 2.88 bits per heavy atom. The van der Waals surface area contributed by atoms with Crippen LogP contribution in [0.1, 0.15) is 6.42 Å². The first-order valence-corrected chi connectivity index (χ1v) is 6.63. The molecule has 1 aliphatic rings. The van der Waals surface area contributed by atoms with Gasteiger partial charge in [-0.1, -0.05) is 6.07 Å². The number of thiophene rings is 1. The Hall–Kier alpha value is -1.46. The third-order valence-electron chi connectivity index (χ3n) is 2.85. The van der Waals surface area contributed by atoms with Crippen LogP contribution in [0.2, 0.25) is 0 Å². The molecule has 3 heterocycles. The van der Waals surface area contributed by atoms with E-state index in [9.17, 15) is 0 Å². The van der Waals surface area contributed by atoms with Crippen molar-refractivity contribution >= 4 is 17.3 Å². The second-order valence-corrected chi connectivity index (χ2v) is 5.05. The van der Waals surface area contributed by atoms with Crippen LogP contribution in [0.15, 0.2) is 29.9 Å². The number of nitrogens with one attached hydrogen (secondary N) is 2. The Bertz CT molecular complexity index is 460. The van der Waals surface area contributed by atoms with Crippen molar-refractivity contribution < 1.29 is 0 Å². The number of aromatic nitrogens is 2. The maximum Gasteiger partial charge on any atom is 0.222 e. The van der Waals surface area contributed by atoms with Gasteiger partial charge in [-0.3, -0.25) is 0 Å². The first-order valence-electron chi connectivity index (χ1n) is 5.75. The van der Waals surface area contributed by atoms with Gasteiger partial charge in [0.2, 0.25) is 5.95 Å². The third-order valence-corrected chi connectivity index (χ3v) is 3.77. The first kappa shape index (κ1) is 10.7. The highest BCUT2D eigenvalue weighted by Gasteiger charge is 2.14. The lowest BCUT2D eigenvalue weighted by molar-refractivity contribution is 0.780. The predicted octanol–water partition coefficient (Wildman–Crippen LogP) is 1.98. The van der Waals surface area contributed by atoms with E-state index in [1.165, 1.54) is 4.88 Å². The summed E-state index contributed by atoms with van der Waals surface area (Å²) in [5.74, 6) is 0.721. The average Bonchev–Trinajstić information content (AvgIpc) is 3.01. The van der Waals surface area contributed by atoms with Crippen LogP contribution in [0.5, 0.6) is 0 Å². The third kappa shape index (κ3) is 2.45. The van der Waals surface area contributed by atoms with Crippen molar-refractivity contribution in [2.45, 2.75) is 12.5 Å². The maximum absolute atomic E-state index is 4.35. The van der Waals surface area contributed by atoms with Gasteiger partial charge >= 0.3 is 0 Å². The van der Waals surface area contributed by atoms with E-state index in [1.54, 1.807) is 11.3 Å². The van der Waals surface area contributed by atoms with E-state index in [4.69, 9.17) is 0 Å². The predicted molar refractivity (Wildman–Crippen MR) is 70.2 cm³/mol. The molecule has 2 aromatic heterocycles. The van der Waals surface area contributed by atoms with Crippen LogP contribution in [0, 0.1) is 0 Å². The molecule has 0 aliphatic carbocycles. The van der Waals surface area contributed by atoms with Crippen molar-refractivity contribution in [3.8, 4) is 10.4 Å². The monoisotopic (exact) mass is 246 g/mol. The van der Waals surface area contributed by atoms with Crippen LogP contribution in [0.3, 0.4) is 0 Å². The SMILES string of the molecule is c1csc(-c2cnc(NC3CCNC3)nc2)c1. The second-order valence-electron chi connectivity index (χ2n) is 4.11. The molecule has 0 bridgehead atoms. The minimum atomic E-state index is 0.461. The van der Waals surface area contributed by atoms with Gasteiger partial charge in [-0.2, -0.15) is 0 Å². The largest absolute Gasteiger partial charge is 0.350 e. The summed E-state index contributed by atoms with van der Waals surface area (Å²) in [6.07, 6.45) is 4.89. The van der Waals surface area contributed by atoms with E-state index in [1.807, 2.05) is 18.5 Å². The number of hydrogen-bond acceptors (Lipinski definition) is 5. The molecule has 5 heteroatoms. The van der Waals surface area contributed by atoms with Crippen molar-refractivity contribution in [2.24, 2.45) is 0 Å². The van der Waals surface area contributed by atoms with Crippen LogP contribution in [0.25, 0.3) is 10.4 Å². The molecular formula is C12H14N4S. The fourth-order valence-electron chi connectivity index (χ4n) is 1.93. The fourth-order valence-corrected chi connectivity index (χ4v) is 2.64. The standard InChI is InChI=1S/C12H14N4S/c1-2-11(17-5-1)9-6-14-12(15-7-9)16-10-3-4-13-8-10/h1-2,5-7,10,13H,3-4,8H2,(H,14,15,16). The van der Waals surface area contributed by atoms with Crippen LogP contribution in [-0.4, -0.2) is 29.1 Å². The molecule has 0 saturated carbocycles. The molecule has 3 rings (SSSR count). The number of nitrogens with zero attached hydrogens (tertiary/aromatic N) is 2. The normalized spacial score (nSPS) is 19.4. The fraction of sp³-hybridized carbons (Fsp3) is 0.333. The molecule has 1 fully saturated rings. The number of hydrogen-bond donors (Lipinski definition) is 2. The summed E-state index contributed by atoms with van der Waals surface area (Å²) in [6, 6.07) is 4.58. The summed E-state index contributed by atoms with van der Waals surface area (Å²) in [7, 11) is 0. The molecule has 1 atom stereocenters. The Kier molecular flexibility index (Phi) is 3.02. The van der Waals surface area contributed by atoms with Crippen LogP contribution in [0.4, 0.5) is 5.95 Å². The van der Waals surface area contributed by atoms with Gasteiger partial charge in [0, 0.05) is 35.4 Å². The number of rotatable bonds is 3. The summed E-state index contributed by atoms with van der Waals surface area (Å²) < 4.78 is 0. The molecule has 0 aromatic carbocycles. The minimum absolute atomic E-state index is 0.461. The molecule has 0 radical (unpaired) electrons. The van der Waals surface area contributed by atoms with Gasteiger partial charge in [0.15, 0.2) is 0 Å². The lowest BCUT2D eigenvalue weighted by atomic mass is 10.2. The molecule has 1 aliphatic heterocycles. The smallest absolute Gasteiger partial charge is 0.222 e. The van der Waals surface area contributed by atoms with Crippen molar-refractivity contribution in [3.05, 3.63) is 29.9 Å². The first-order chi connectivity index (χ1) is 8.42. The van der Waals surface area contributed by atoms with Crippen LogP contribution >= 0.6 is 11.3 Å². The van der Waals surface area contributed by atoms with Gasteiger partial charge in [0.25, 0.3) is 0 Å². The zero-order valence-electron chi connectivity index (χ0n) is 9.39. The van der Waals surface area contributed by atoms with E-state index >= 15 is 0 Å². The van der Waals surface area contributed by atoms with Crippen LogP contribution < -0.4 is 10.6 Å². The van der Waals surface area contributed by atoms with Crippen LogP contribution in [-0.2, 0) is 0 Å². The van der Waals surface area contributed by atoms with Crippen molar-refractivity contribution in [2.75, 3.05) is 18.4 Å². The van der Waals surface area contributed by atoms with E-state index in [0.29, 0.717) is 6.04 Å². The van der Waals surface area contributed by atoms with E-state index in [2.05, 4.69) is 32.0 Å². The maximum atomic E-state index is 4.35. The van der Waals surface area contributed by atoms with E-state index in [0.717, 1.165) is 31.0 Å². The lowest BCUT2D eigenvalue weighted by Crippen LogP contribution is -2.23. The highest BCUT2D eigenvalue weighted by Crippen LogP contribution is 2.23. The minimum Gasteiger partial charge on any atom is -0.350 e. The Labute approximate surface area is 104 Å². The zero-order chi connectivity index (χ0) is 11.5. The molecule has 1 saturated heterocycles. The average molecular weight is 246 g/mol. The quantitative estimate of drug-likeness (QED) is 0.869. The number of anilines is 1. The van der Waals surface area contributed by atoms with Crippen molar-refractivity contribution in [1.82, 2.24) is 15.3 Å². The summed E-state index contributed by atoms with van der Waals surface area (Å²) in [4.78, 5) is 9.92. The molecule has 2 aromatic rings. The Balaban J connectivity index is 1.71. The lowest BCUT2D eigenvalue weighted by Gasteiger charge is -2.10. The van der Waals surface area contributed by atoms with Crippen molar-refractivity contribution in [3.63, 3.8) is 0 Å². The van der Waals surface area contributed by atoms with E-state index < -0.39 is 0 Å². The topological polar surface area (TPSA) is 49.8 Å². The molecule has 0 amide bonds. The molecule has 0 spiro atoms. The van der Waals surface area contributed by atoms with E-state index in [-0.39, 0.29) is 0 Å². The zero-order valence-corrected chi connectivity index (χ0v) is 10.2. The molecule has 1 unspecified atom stereocenters. The highest BCUT2D eigenvalue weighted by molar-refractivity contribution is 7.13. The Morgan fingerprint density at radius 1 is 1.35 bits per heavy atom. The van der Waals surface area contributed by atoms with Gasteiger partial charge in [-0.25, -0.2) is 9.97 Å². The van der Waals surface area contributed by atoms with Gasteiger partial charge in [-0.15, -0.1) is 11.3 Å². The summed E-state index contributed by atoms with van der Waals surface area (Å²) in [6.45, 7) is 2.07. The molecule has 88 valence electrons. The molecule has 2 N–H and O–H groups in total. The van der Waals surface area contributed by atoms with Gasteiger partial charge in [-0.05, 0) is 24.4 Å². The Morgan fingerprint density at radius 2 is 2.24 bits per heavy atom. The van der Waals surface area contributed by atoms with Gasteiger partial charge in [0.05, 0.1) is 0 Å². The van der Waals surface area contributed by atoms with Gasteiger partial charge in [0.1, 0.15) is 0 Å². The molecular weight excluding hydrogens is 232 g/mol. The molecule has 17 heavy (non-hydrogen) atoms. The summed E-state index contributed by atoms with van der Waals surface area (Å²) in [5.41, 5.74) is 1.08. The highest BCUT2D eigenvalue weighted by atomic mass is 32.1. The summed E-state index contributed by atoms with van der Waals surface area (Å²) in [5, 5.41) is 8.70. The van der Waals surface area contributed by atoms with Gasteiger partial charge < -0.3 is 10.6 Å². The summed E-state index contributed by atoms with van der Waals surface area (Å²) >= 11 is 1.70. The molecule has 4 nitrogen and oxygen atoms in total. The van der Waals surface area contributed by atoms with Crippen molar-refractivity contribution in [1.29, 1.82) is 0 Å².